The third kappa shape index (κ3) is 11.3. The topological polar surface area (TPSA) is 183 Å². The second-order valence-electron chi connectivity index (χ2n) is 14.9. The van der Waals surface area contributed by atoms with E-state index in [-0.39, 0.29) is 95.9 Å². The fraction of sp³-hybridized carbons (Fsp3) is 0.0816. The van der Waals surface area contributed by atoms with Crippen molar-refractivity contribution in [3.8, 4) is 77.3 Å². The molecule has 0 saturated heterocycles. The maximum absolute atomic E-state index is 15.4. The minimum absolute atomic E-state index is 0.0102. The first-order valence-electron chi connectivity index (χ1n) is 20.6. The zero-order valence-corrected chi connectivity index (χ0v) is 41.9. The summed E-state index contributed by atoms with van der Waals surface area (Å²) in [4.78, 5) is 16.0. The number of benzene rings is 4. The Morgan fingerprint density at radius 1 is 0.620 bits per heavy atom. The van der Waals surface area contributed by atoms with Crippen molar-refractivity contribution in [3.05, 3.63) is 180 Å². The van der Waals surface area contributed by atoms with Gasteiger partial charge in [-0.15, -0.1) is 54.4 Å². The summed E-state index contributed by atoms with van der Waals surface area (Å²) in [6.07, 6.45) is 1.74. The number of thiophene rings is 1. The van der Waals surface area contributed by atoms with Crippen molar-refractivity contribution >= 4 is 80.4 Å². The average molecular weight is 1080 g/mol. The summed E-state index contributed by atoms with van der Waals surface area (Å²) < 4.78 is 53.7. The summed E-state index contributed by atoms with van der Waals surface area (Å²) in [7, 11) is 0. The van der Waals surface area contributed by atoms with E-state index in [2.05, 4.69) is 35.3 Å². The van der Waals surface area contributed by atoms with Gasteiger partial charge in [0.15, 0.2) is 23.1 Å². The first-order valence-corrected chi connectivity index (χ1v) is 24.6. The van der Waals surface area contributed by atoms with Gasteiger partial charge in [0, 0.05) is 27.4 Å². The van der Waals surface area contributed by atoms with Gasteiger partial charge in [0.1, 0.15) is 31.3 Å². The highest BCUT2D eigenvalue weighted by Crippen LogP contribution is 2.40. The van der Waals surface area contributed by atoms with Gasteiger partial charge < -0.3 is 18.3 Å². The summed E-state index contributed by atoms with van der Waals surface area (Å²) in [6, 6.07) is 28.3. The minimum Gasteiger partial charge on any atom is -0.453 e. The molecule has 0 unspecified atom stereocenters. The summed E-state index contributed by atoms with van der Waals surface area (Å²) in [5, 5.41) is 39.0. The lowest BCUT2D eigenvalue weighted by molar-refractivity contribution is 0.437. The number of nitriles is 2. The molecule has 22 heteroatoms. The number of ether oxygens (including phenoxy) is 2. The van der Waals surface area contributed by atoms with Crippen LogP contribution in [-0.4, -0.2) is 35.3 Å². The highest BCUT2D eigenvalue weighted by atomic mass is 35.5. The van der Waals surface area contributed by atoms with Gasteiger partial charge in [0.05, 0.1) is 68.1 Å². The van der Waals surface area contributed by atoms with Crippen LogP contribution < -0.4 is 9.47 Å². The summed E-state index contributed by atoms with van der Waals surface area (Å²) >= 11 is 28.9. The Labute approximate surface area is 434 Å². The Morgan fingerprint density at radius 2 is 1.14 bits per heavy atom. The molecule has 6 heterocycles. The third-order valence-electron chi connectivity index (χ3n) is 9.91. The van der Waals surface area contributed by atoms with Crippen LogP contribution in [0.2, 0.25) is 20.1 Å². The lowest BCUT2D eigenvalue weighted by Crippen LogP contribution is -1.98. The van der Waals surface area contributed by atoms with E-state index in [1.807, 2.05) is 61.7 Å². The lowest BCUT2D eigenvalue weighted by Gasteiger charge is -2.11. The van der Waals surface area contributed by atoms with E-state index in [0.717, 1.165) is 36.9 Å². The number of halogens is 6. The molecule has 13 nitrogen and oxygen atoms in total. The van der Waals surface area contributed by atoms with E-state index in [1.54, 1.807) is 17.5 Å². The monoisotopic (exact) mass is 1080 g/mol. The van der Waals surface area contributed by atoms with Crippen LogP contribution in [0, 0.1) is 48.1 Å². The van der Waals surface area contributed by atoms with Crippen LogP contribution in [0.5, 0.6) is 23.0 Å². The standard InChI is InChI=1S/C25H14Cl2FN5O2S.C24H13Cl2FN4O2S2/c1-13-23(36-25(31-13)19-4-2-3-7-30-19)24-33-32-20(35-24)10-15-5-6-18(27)22(21(15)28)34-17-9-14(12-29)8-16(26)11-17;1-12-22(35-24(29-12)18-3-2-6-34-18)23-31-30-19(33-23)9-14-4-5-17(26)21(20(14)27)32-16-8-13(11-28)7-15(25)10-16/h2-9,11H,10H2,1H3;2-8,10H,9H2,1H3. The summed E-state index contributed by atoms with van der Waals surface area (Å²) in [5.41, 5.74) is 3.29. The molecule has 352 valence electrons. The van der Waals surface area contributed by atoms with E-state index in [4.69, 9.17) is 75.2 Å². The number of rotatable bonds is 12. The van der Waals surface area contributed by atoms with E-state index < -0.39 is 11.6 Å². The maximum atomic E-state index is 15.4. The number of hydrogen-bond acceptors (Lipinski definition) is 16. The van der Waals surface area contributed by atoms with Crippen LogP contribution in [0.15, 0.2) is 111 Å². The number of aromatic nitrogens is 7. The van der Waals surface area contributed by atoms with E-state index in [1.165, 1.54) is 83.3 Å². The van der Waals surface area contributed by atoms with Crippen LogP contribution in [0.1, 0.15) is 45.4 Å². The average Bonchev–Trinajstić information content (AvgIpc) is 4.24. The fourth-order valence-electron chi connectivity index (χ4n) is 6.67. The van der Waals surface area contributed by atoms with Gasteiger partial charge in [-0.1, -0.05) is 70.7 Å². The number of aryl methyl sites for hydroxylation is 2. The molecule has 10 aromatic rings. The molecule has 0 radical (unpaired) electrons. The van der Waals surface area contributed by atoms with Gasteiger partial charge in [-0.2, -0.15) is 10.5 Å². The molecule has 6 aromatic heterocycles. The smallest absolute Gasteiger partial charge is 0.259 e. The molecule has 0 aliphatic carbocycles. The Balaban J connectivity index is 0.000000176. The van der Waals surface area contributed by atoms with Crippen LogP contribution in [-0.2, 0) is 12.8 Å². The molecular weight excluding hydrogens is 1050 g/mol. The van der Waals surface area contributed by atoms with Crippen molar-refractivity contribution in [1.82, 2.24) is 35.3 Å². The molecule has 10 rings (SSSR count). The number of hydrogen-bond donors (Lipinski definition) is 0. The first kappa shape index (κ1) is 48.9. The molecule has 71 heavy (non-hydrogen) atoms. The van der Waals surface area contributed by atoms with Crippen LogP contribution >= 0.6 is 80.4 Å². The van der Waals surface area contributed by atoms with Crippen LogP contribution in [0.4, 0.5) is 8.78 Å². The predicted molar refractivity (Wildman–Crippen MR) is 268 cm³/mol. The van der Waals surface area contributed by atoms with E-state index in [9.17, 15) is 0 Å². The van der Waals surface area contributed by atoms with Gasteiger partial charge in [0.2, 0.25) is 11.8 Å². The minimum atomic E-state index is -0.688. The molecule has 0 amide bonds. The number of thiazole rings is 2. The molecular formula is C49H27Cl4F2N9O4S3. The quantitative estimate of drug-likeness (QED) is 0.113. The number of pyridine rings is 1. The highest BCUT2D eigenvalue weighted by molar-refractivity contribution is 7.23. The first-order chi connectivity index (χ1) is 34.3. The zero-order chi connectivity index (χ0) is 49.8. The molecule has 0 aliphatic heterocycles. The molecule has 0 N–H and O–H groups in total. The Morgan fingerprint density at radius 3 is 1.62 bits per heavy atom. The molecule has 0 saturated carbocycles. The fourth-order valence-corrected chi connectivity index (χ4v) is 10.2. The van der Waals surface area contributed by atoms with Gasteiger partial charge in [0.25, 0.3) is 11.8 Å². The van der Waals surface area contributed by atoms with Gasteiger partial charge >= 0.3 is 0 Å². The van der Waals surface area contributed by atoms with Crippen molar-refractivity contribution in [3.63, 3.8) is 0 Å². The van der Waals surface area contributed by atoms with E-state index >= 15 is 8.78 Å². The van der Waals surface area contributed by atoms with Crippen LogP contribution in [0.3, 0.4) is 0 Å². The van der Waals surface area contributed by atoms with Gasteiger partial charge in [-0.25, -0.2) is 18.7 Å². The molecule has 0 spiro atoms. The maximum Gasteiger partial charge on any atom is 0.259 e. The zero-order valence-electron chi connectivity index (χ0n) is 36.4. The van der Waals surface area contributed by atoms with Crippen molar-refractivity contribution < 1.29 is 27.1 Å². The SMILES string of the molecule is Cc1nc(-c2ccccn2)sc1-c1nnc(Cc2ccc(Cl)c(Oc3cc(Cl)cc(C#N)c3)c2F)o1.Cc1nc(-c2cccs2)sc1-c1nnc(Cc2ccc(Cl)c(Oc3cc(Cl)cc(C#N)c3)c2F)o1. The van der Waals surface area contributed by atoms with Crippen molar-refractivity contribution in [2.45, 2.75) is 26.7 Å². The van der Waals surface area contributed by atoms with Gasteiger partial charge in [-0.05, 0) is 86.0 Å². The second-order valence-corrected chi connectivity index (χ2v) is 19.5. The third-order valence-corrected chi connectivity index (χ3v) is 14.3. The summed E-state index contributed by atoms with van der Waals surface area (Å²) in [5.74, 6) is -0.325. The molecule has 0 aliphatic rings. The Kier molecular flexibility index (Phi) is 14.8. The summed E-state index contributed by atoms with van der Waals surface area (Å²) in [6.45, 7) is 3.72. The Hall–Kier alpha value is -7.13. The lowest BCUT2D eigenvalue weighted by atomic mass is 10.1. The van der Waals surface area contributed by atoms with Crippen molar-refractivity contribution in [2.24, 2.45) is 0 Å². The second kappa shape index (κ2) is 21.5. The Bertz CT molecular complexity index is 3670. The molecule has 0 atom stereocenters. The normalized spacial score (nSPS) is 10.9. The molecule has 0 bridgehead atoms. The van der Waals surface area contributed by atoms with Crippen molar-refractivity contribution in [2.75, 3.05) is 0 Å². The molecule has 0 fully saturated rings. The van der Waals surface area contributed by atoms with Gasteiger partial charge in [-0.3, -0.25) is 4.98 Å². The largest absolute Gasteiger partial charge is 0.453 e. The van der Waals surface area contributed by atoms with E-state index in [0.29, 0.717) is 10.8 Å². The molecule has 4 aromatic carbocycles. The predicted octanol–water partition coefficient (Wildman–Crippen LogP) is 15.2. The van der Waals surface area contributed by atoms with Crippen LogP contribution in [0.25, 0.3) is 42.1 Å². The van der Waals surface area contributed by atoms with Crippen molar-refractivity contribution in [1.29, 1.82) is 10.5 Å². The highest BCUT2D eigenvalue weighted by Gasteiger charge is 2.23. The number of nitrogens with zero attached hydrogens (tertiary/aromatic N) is 9.